The number of aliphatic hydroxyl groups excluding tert-OH is 3. The molecule has 4 heteroatoms. The summed E-state index contributed by atoms with van der Waals surface area (Å²) in [5.41, 5.74) is 2.52. The molecule has 114 valence electrons. The van der Waals surface area contributed by atoms with Crippen LogP contribution in [-0.4, -0.2) is 35.1 Å². The second kappa shape index (κ2) is 9.46. The summed E-state index contributed by atoms with van der Waals surface area (Å²) in [7, 11) is 2.95. The van der Waals surface area contributed by atoms with Crippen molar-refractivity contribution in [2.45, 2.75) is 43.7 Å². The van der Waals surface area contributed by atoms with E-state index in [9.17, 15) is 0 Å². The summed E-state index contributed by atoms with van der Waals surface area (Å²) >= 11 is 0. The number of aryl methyl sites for hydroxylation is 1. The van der Waals surface area contributed by atoms with Crippen molar-refractivity contribution in [1.29, 1.82) is 0 Å². The first-order chi connectivity index (χ1) is 9.68. The van der Waals surface area contributed by atoms with Crippen LogP contribution in [0.4, 0.5) is 0 Å². The highest BCUT2D eigenvalue weighted by molar-refractivity contribution is 7.18. The van der Waals surface area contributed by atoms with Gasteiger partial charge in [-0.2, -0.15) is 0 Å². The standard InChI is InChI=1S/C16H27O3P/c17-11-3-7-14-6-1-2-8-15(14)16(20,9-4-12-18)10-5-13-19/h1-2,6,8,17-19H,3-5,7,9-13,20H2. The molecule has 0 spiro atoms. The lowest BCUT2D eigenvalue weighted by atomic mass is 9.84. The van der Waals surface area contributed by atoms with E-state index in [1.165, 1.54) is 11.1 Å². The molecule has 1 unspecified atom stereocenters. The van der Waals surface area contributed by atoms with Gasteiger partial charge in [-0.3, -0.25) is 0 Å². The number of hydrogen-bond donors (Lipinski definition) is 3. The monoisotopic (exact) mass is 298 g/mol. The lowest BCUT2D eigenvalue weighted by Gasteiger charge is -2.32. The summed E-state index contributed by atoms with van der Waals surface area (Å²) in [6.45, 7) is 0.577. The first-order valence-corrected chi connectivity index (χ1v) is 7.95. The van der Waals surface area contributed by atoms with Gasteiger partial charge in [-0.15, -0.1) is 9.24 Å². The Kier molecular flexibility index (Phi) is 8.32. The predicted octanol–water partition coefficient (Wildman–Crippen LogP) is 2.23. The second-order valence-corrected chi connectivity index (χ2v) is 6.40. The van der Waals surface area contributed by atoms with Crippen LogP contribution in [0.5, 0.6) is 0 Å². The van der Waals surface area contributed by atoms with Gasteiger partial charge in [0.05, 0.1) is 0 Å². The molecular formula is C16H27O3P. The number of aliphatic hydroxyl groups is 3. The molecule has 0 heterocycles. The largest absolute Gasteiger partial charge is 0.396 e. The minimum absolute atomic E-state index is 0.0997. The highest BCUT2D eigenvalue weighted by Crippen LogP contribution is 2.42. The van der Waals surface area contributed by atoms with Crippen molar-refractivity contribution < 1.29 is 15.3 Å². The second-order valence-electron chi connectivity index (χ2n) is 5.29. The lowest BCUT2D eigenvalue weighted by molar-refractivity contribution is 0.258. The Hall–Kier alpha value is -0.470. The van der Waals surface area contributed by atoms with E-state index >= 15 is 0 Å². The Balaban J connectivity index is 2.98. The van der Waals surface area contributed by atoms with Crippen molar-refractivity contribution in [3.05, 3.63) is 35.4 Å². The fourth-order valence-corrected chi connectivity index (χ4v) is 3.37. The third-order valence-electron chi connectivity index (χ3n) is 3.72. The van der Waals surface area contributed by atoms with Crippen LogP contribution in [0.25, 0.3) is 0 Å². The highest BCUT2D eigenvalue weighted by atomic mass is 31.0. The molecule has 0 aliphatic heterocycles. The van der Waals surface area contributed by atoms with Crippen LogP contribution < -0.4 is 0 Å². The van der Waals surface area contributed by atoms with E-state index in [1.807, 2.05) is 12.1 Å². The minimum Gasteiger partial charge on any atom is -0.396 e. The van der Waals surface area contributed by atoms with E-state index in [0.29, 0.717) is 0 Å². The summed E-state index contributed by atoms with van der Waals surface area (Å²) in [6.07, 6.45) is 4.89. The minimum atomic E-state index is -0.0997. The molecule has 0 saturated heterocycles. The summed E-state index contributed by atoms with van der Waals surface area (Å²) in [5.74, 6) is 0. The molecule has 0 amide bonds. The number of benzene rings is 1. The highest BCUT2D eigenvalue weighted by Gasteiger charge is 2.27. The molecule has 0 aliphatic carbocycles. The van der Waals surface area contributed by atoms with Crippen molar-refractivity contribution >= 4 is 9.24 Å². The van der Waals surface area contributed by atoms with Crippen LogP contribution >= 0.6 is 9.24 Å². The van der Waals surface area contributed by atoms with Gasteiger partial charge < -0.3 is 15.3 Å². The van der Waals surface area contributed by atoms with Crippen molar-refractivity contribution in [2.75, 3.05) is 19.8 Å². The molecule has 3 nitrogen and oxygen atoms in total. The van der Waals surface area contributed by atoms with Crippen LogP contribution in [0.2, 0.25) is 0 Å². The lowest BCUT2D eigenvalue weighted by Crippen LogP contribution is -2.21. The van der Waals surface area contributed by atoms with Crippen LogP contribution in [0, 0.1) is 0 Å². The molecule has 0 saturated carbocycles. The molecule has 0 aliphatic rings. The zero-order valence-corrected chi connectivity index (χ0v) is 13.2. The van der Waals surface area contributed by atoms with E-state index in [-0.39, 0.29) is 25.0 Å². The summed E-state index contributed by atoms with van der Waals surface area (Å²) < 4.78 is 0. The van der Waals surface area contributed by atoms with Gasteiger partial charge in [0.1, 0.15) is 0 Å². The van der Waals surface area contributed by atoms with E-state index in [0.717, 1.165) is 38.5 Å². The Labute approximate surface area is 124 Å². The average Bonchev–Trinajstić information content (AvgIpc) is 2.49. The van der Waals surface area contributed by atoms with Gasteiger partial charge in [0, 0.05) is 25.0 Å². The van der Waals surface area contributed by atoms with E-state index in [1.54, 1.807) is 0 Å². The molecule has 20 heavy (non-hydrogen) atoms. The SMILES string of the molecule is OCCCc1ccccc1C(P)(CCCO)CCCO. The summed E-state index contributed by atoms with van der Waals surface area (Å²) in [4.78, 5) is 0. The van der Waals surface area contributed by atoms with Gasteiger partial charge in [-0.1, -0.05) is 24.3 Å². The molecular weight excluding hydrogens is 271 g/mol. The van der Waals surface area contributed by atoms with Crippen LogP contribution in [0.1, 0.15) is 43.2 Å². The molecule has 0 radical (unpaired) electrons. The van der Waals surface area contributed by atoms with Gasteiger partial charge in [0.2, 0.25) is 0 Å². The third-order valence-corrected chi connectivity index (χ3v) is 4.61. The fraction of sp³-hybridized carbons (Fsp3) is 0.625. The van der Waals surface area contributed by atoms with Crippen LogP contribution in [0.15, 0.2) is 24.3 Å². The maximum atomic E-state index is 9.12. The quantitative estimate of drug-likeness (QED) is 0.581. The van der Waals surface area contributed by atoms with Crippen molar-refractivity contribution in [3.8, 4) is 0 Å². The van der Waals surface area contributed by atoms with Crippen molar-refractivity contribution in [2.24, 2.45) is 0 Å². The third kappa shape index (κ3) is 5.14. The molecule has 3 N–H and O–H groups in total. The van der Waals surface area contributed by atoms with Gasteiger partial charge in [-0.25, -0.2) is 0 Å². The number of rotatable bonds is 10. The van der Waals surface area contributed by atoms with Gasteiger partial charge in [0.15, 0.2) is 0 Å². The predicted molar refractivity (Wildman–Crippen MR) is 85.9 cm³/mol. The summed E-state index contributed by atoms with van der Waals surface area (Å²) in [6, 6.07) is 8.31. The summed E-state index contributed by atoms with van der Waals surface area (Å²) in [5, 5.41) is 27.2. The fourth-order valence-electron chi connectivity index (χ4n) is 2.68. The Morgan fingerprint density at radius 1 is 0.850 bits per heavy atom. The van der Waals surface area contributed by atoms with E-state index in [4.69, 9.17) is 15.3 Å². The number of hydrogen-bond acceptors (Lipinski definition) is 3. The van der Waals surface area contributed by atoms with Crippen molar-refractivity contribution in [1.82, 2.24) is 0 Å². The zero-order valence-electron chi connectivity index (χ0n) is 12.1. The van der Waals surface area contributed by atoms with Gasteiger partial charge in [-0.05, 0) is 49.7 Å². The van der Waals surface area contributed by atoms with Crippen LogP contribution in [0.3, 0.4) is 0 Å². The maximum absolute atomic E-state index is 9.12. The van der Waals surface area contributed by atoms with Crippen molar-refractivity contribution in [3.63, 3.8) is 0 Å². The maximum Gasteiger partial charge on any atom is 0.0434 e. The molecule has 1 aromatic rings. The molecule has 0 fully saturated rings. The Bertz CT molecular complexity index is 374. The first-order valence-electron chi connectivity index (χ1n) is 7.38. The first kappa shape index (κ1) is 17.6. The van der Waals surface area contributed by atoms with E-state index < -0.39 is 0 Å². The Morgan fingerprint density at radius 3 is 1.95 bits per heavy atom. The molecule has 0 bridgehead atoms. The molecule has 1 rings (SSSR count). The zero-order chi connectivity index (χ0) is 14.8. The van der Waals surface area contributed by atoms with Gasteiger partial charge in [0.25, 0.3) is 0 Å². The van der Waals surface area contributed by atoms with Crippen LogP contribution in [-0.2, 0) is 11.6 Å². The molecule has 1 aromatic carbocycles. The van der Waals surface area contributed by atoms with E-state index in [2.05, 4.69) is 21.4 Å². The normalized spacial score (nSPS) is 11.8. The molecule has 1 atom stereocenters. The molecule has 0 aromatic heterocycles. The average molecular weight is 298 g/mol. The topological polar surface area (TPSA) is 60.7 Å². The van der Waals surface area contributed by atoms with Gasteiger partial charge >= 0.3 is 0 Å². The Morgan fingerprint density at radius 2 is 1.40 bits per heavy atom. The smallest absolute Gasteiger partial charge is 0.0434 e.